The van der Waals surface area contributed by atoms with Crippen LogP contribution in [0.2, 0.25) is 0 Å². The van der Waals surface area contributed by atoms with Crippen molar-refractivity contribution in [2.75, 3.05) is 0 Å². The molecule has 0 saturated heterocycles. The van der Waals surface area contributed by atoms with Crippen LogP contribution in [-0.4, -0.2) is 4.57 Å². The van der Waals surface area contributed by atoms with Gasteiger partial charge in [-0.05, 0) is 69.8 Å². The van der Waals surface area contributed by atoms with Gasteiger partial charge in [0.2, 0.25) is 0 Å². The first kappa shape index (κ1) is 23.1. The molecule has 2 heteroatoms. The van der Waals surface area contributed by atoms with Crippen molar-refractivity contribution in [1.29, 1.82) is 0 Å². The molecular formula is C39H27NS. The van der Waals surface area contributed by atoms with Gasteiger partial charge in [-0.15, -0.1) is 11.3 Å². The van der Waals surface area contributed by atoms with Crippen LogP contribution >= 0.6 is 11.3 Å². The molecule has 0 amide bonds. The van der Waals surface area contributed by atoms with Crippen LogP contribution in [0.3, 0.4) is 0 Å². The van der Waals surface area contributed by atoms with E-state index in [-0.39, 0.29) is 5.41 Å². The Morgan fingerprint density at radius 2 is 1.22 bits per heavy atom. The summed E-state index contributed by atoms with van der Waals surface area (Å²) in [6.07, 6.45) is 0. The molecule has 0 bridgehead atoms. The second-order valence-corrected chi connectivity index (χ2v) is 12.8. The first-order chi connectivity index (χ1) is 20.1. The molecule has 1 aliphatic carbocycles. The van der Waals surface area contributed by atoms with E-state index < -0.39 is 0 Å². The fourth-order valence-corrected chi connectivity index (χ4v) is 8.54. The first-order valence-corrected chi connectivity index (χ1v) is 15.1. The summed E-state index contributed by atoms with van der Waals surface area (Å²) < 4.78 is 5.13. The molecule has 2 aromatic heterocycles. The van der Waals surface area contributed by atoms with E-state index in [0.29, 0.717) is 0 Å². The van der Waals surface area contributed by atoms with Gasteiger partial charge in [-0.3, -0.25) is 0 Å². The summed E-state index contributed by atoms with van der Waals surface area (Å²) in [5, 5.41) is 5.37. The minimum atomic E-state index is -0.0390. The van der Waals surface area contributed by atoms with E-state index in [1.54, 1.807) is 0 Å². The number of fused-ring (bicyclic) bond motifs is 10. The van der Waals surface area contributed by atoms with Gasteiger partial charge in [0.15, 0.2) is 0 Å². The second kappa shape index (κ2) is 8.19. The van der Waals surface area contributed by atoms with Gasteiger partial charge in [0, 0.05) is 42.0 Å². The van der Waals surface area contributed by atoms with Gasteiger partial charge in [0.1, 0.15) is 0 Å². The Morgan fingerprint density at radius 3 is 2.10 bits per heavy atom. The maximum absolute atomic E-state index is 2.44. The molecule has 6 aromatic carbocycles. The van der Waals surface area contributed by atoms with Gasteiger partial charge in [0.25, 0.3) is 0 Å². The first-order valence-electron chi connectivity index (χ1n) is 14.3. The molecular weight excluding hydrogens is 515 g/mol. The number of rotatable bonds is 2. The molecule has 0 fully saturated rings. The number of nitrogens with zero attached hydrogens (tertiary/aromatic N) is 1. The molecule has 0 atom stereocenters. The summed E-state index contributed by atoms with van der Waals surface area (Å²) >= 11 is 1.89. The van der Waals surface area contributed by atoms with Crippen molar-refractivity contribution in [1.82, 2.24) is 4.57 Å². The predicted octanol–water partition coefficient (Wildman–Crippen LogP) is 11.1. The number of aromatic nitrogens is 1. The molecule has 0 aliphatic heterocycles. The molecule has 0 radical (unpaired) electrons. The maximum atomic E-state index is 2.44. The van der Waals surface area contributed by atoms with E-state index in [0.717, 1.165) is 0 Å². The third-order valence-electron chi connectivity index (χ3n) is 9.19. The van der Waals surface area contributed by atoms with E-state index >= 15 is 0 Å². The second-order valence-electron chi connectivity index (χ2n) is 11.7. The summed E-state index contributed by atoms with van der Waals surface area (Å²) in [6, 6.07) is 47.2. The zero-order valence-corrected chi connectivity index (χ0v) is 23.8. The molecule has 194 valence electrons. The van der Waals surface area contributed by atoms with E-state index in [2.05, 4.69) is 146 Å². The van der Waals surface area contributed by atoms with E-state index in [4.69, 9.17) is 0 Å². The van der Waals surface area contributed by atoms with Crippen LogP contribution in [0.15, 0.2) is 127 Å². The SMILES string of the molecule is CC1(C)c2ccccc2-c2cccc(-c3ccc(-n4c5ccccc5c5c6c(ccc54)sc4ccccc46)cc3)c21. The zero-order chi connectivity index (χ0) is 27.3. The van der Waals surface area contributed by atoms with E-state index in [9.17, 15) is 0 Å². The Hall–Kier alpha value is -4.66. The summed E-state index contributed by atoms with van der Waals surface area (Å²) in [5.41, 5.74) is 11.8. The van der Waals surface area contributed by atoms with Crippen LogP contribution in [0.1, 0.15) is 25.0 Å². The van der Waals surface area contributed by atoms with Gasteiger partial charge in [0.05, 0.1) is 11.0 Å². The monoisotopic (exact) mass is 541 g/mol. The van der Waals surface area contributed by atoms with Crippen LogP contribution in [0.5, 0.6) is 0 Å². The molecule has 0 N–H and O–H groups in total. The lowest BCUT2D eigenvalue weighted by Crippen LogP contribution is -2.16. The fraction of sp³-hybridized carbons (Fsp3) is 0.0769. The van der Waals surface area contributed by atoms with Crippen molar-refractivity contribution < 1.29 is 0 Å². The quantitative estimate of drug-likeness (QED) is 0.205. The smallest absolute Gasteiger partial charge is 0.0548 e. The highest BCUT2D eigenvalue weighted by atomic mass is 32.1. The third kappa shape index (κ3) is 3.06. The molecule has 1 nitrogen and oxygen atoms in total. The lowest BCUT2D eigenvalue weighted by atomic mass is 9.79. The fourth-order valence-electron chi connectivity index (χ4n) is 7.43. The summed E-state index contributed by atoms with van der Waals surface area (Å²) in [7, 11) is 0. The van der Waals surface area contributed by atoms with E-state index in [1.165, 1.54) is 81.0 Å². The van der Waals surface area contributed by atoms with Crippen LogP contribution in [0.25, 0.3) is 69.9 Å². The van der Waals surface area contributed by atoms with Crippen LogP contribution in [0.4, 0.5) is 0 Å². The number of para-hydroxylation sites is 1. The topological polar surface area (TPSA) is 4.93 Å². The molecule has 0 spiro atoms. The summed E-state index contributed by atoms with van der Waals surface area (Å²) in [6.45, 7) is 4.73. The molecule has 9 rings (SSSR count). The molecule has 0 unspecified atom stereocenters. The number of thiophene rings is 1. The summed E-state index contributed by atoms with van der Waals surface area (Å²) in [5.74, 6) is 0. The van der Waals surface area contributed by atoms with Crippen LogP contribution < -0.4 is 0 Å². The molecule has 0 saturated carbocycles. The number of hydrogen-bond acceptors (Lipinski definition) is 1. The van der Waals surface area contributed by atoms with Crippen molar-refractivity contribution in [3.63, 3.8) is 0 Å². The minimum absolute atomic E-state index is 0.0390. The van der Waals surface area contributed by atoms with Gasteiger partial charge in [-0.2, -0.15) is 0 Å². The lowest BCUT2D eigenvalue weighted by molar-refractivity contribution is 0.662. The van der Waals surface area contributed by atoms with Gasteiger partial charge >= 0.3 is 0 Å². The van der Waals surface area contributed by atoms with Gasteiger partial charge in [-0.1, -0.05) is 105 Å². The van der Waals surface area contributed by atoms with E-state index in [1.807, 2.05) is 11.3 Å². The number of hydrogen-bond donors (Lipinski definition) is 0. The zero-order valence-electron chi connectivity index (χ0n) is 23.0. The maximum Gasteiger partial charge on any atom is 0.0548 e. The Kier molecular flexibility index (Phi) is 4.61. The standard InChI is InChI=1S/C39H27NS/c1-39(2)31-15-6-3-10-27(31)28-14-9-13-26(38(28)39)24-18-20-25(21-19-24)40-32-16-7-4-11-29(32)36-33(40)22-23-35-37(36)30-12-5-8-17-34(30)41-35/h3-23H,1-2H3. The van der Waals surface area contributed by atoms with Crippen molar-refractivity contribution >= 4 is 53.3 Å². The lowest BCUT2D eigenvalue weighted by Gasteiger charge is -2.24. The number of benzene rings is 6. The molecule has 41 heavy (non-hydrogen) atoms. The Labute approximate surface area is 242 Å². The highest BCUT2D eigenvalue weighted by Gasteiger charge is 2.37. The highest BCUT2D eigenvalue weighted by molar-refractivity contribution is 7.26. The van der Waals surface area contributed by atoms with Crippen molar-refractivity contribution in [3.05, 3.63) is 139 Å². The minimum Gasteiger partial charge on any atom is -0.309 e. The third-order valence-corrected chi connectivity index (χ3v) is 10.3. The molecule has 8 aromatic rings. The van der Waals surface area contributed by atoms with Crippen molar-refractivity contribution in [3.8, 4) is 27.9 Å². The van der Waals surface area contributed by atoms with Crippen molar-refractivity contribution in [2.45, 2.75) is 19.3 Å². The normalized spacial score (nSPS) is 13.8. The van der Waals surface area contributed by atoms with Gasteiger partial charge < -0.3 is 4.57 Å². The Balaban J connectivity index is 1.25. The molecule has 2 heterocycles. The largest absolute Gasteiger partial charge is 0.309 e. The van der Waals surface area contributed by atoms with Crippen molar-refractivity contribution in [2.24, 2.45) is 0 Å². The highest BCUT2D eigenvalue weighted by Crippen LogP contribution is 2.52. The van der Waals surface area contributed by atoms with Crippen LogP contribution in [0, 0.1) is 0 Å². The predicted molar refractivity (Wildman–Crippen MR) is 177 cm³/mol. The Morgan fingerprint density at radius 1 is 0.512 bits per heavy atom. The average molecular weight is 542 g/mol. The van der Waals surface area contributed by atoms with Gasteiger partial charge in [-0.25, -0.2) is 0 Å². The summed E-state index contributed by atoms with van der Waals surface area (Å²) in [4.78, 5) is 0. The molecule has 1 aliphatic rings. The van der Waals surface area contributed by atoms with Crippen LogP contribution in [-0.2, 0) is 5.41 Å². The average Bonchev–Trinajstić information content (AvgIpc) is 3.63. The Bertz CT molecular complexity index is 2330.